The maximum Gasteiger partial charge on any atom is 0.321 e. The Morgan fingerprint density at radius 3 is 2.65 bits per heavy atom. The van der Waals surface area contributed by atoms with Crippen LogP contribution in [0.2, 0.25) is 0 Å². The second-order valence-corrected chi connectivity index (χ2v) is 5.60. The number of carbonyl (C=O) groups excluding carboxylic acids is 1. The quantitative estimate of drug-likeness (QED) is 0.516. The highest BCUT2D eigenvalue weighted by molar-refractivity contribution is 7.95. The molecule has 2 aromatic carbocycles. The molecule has 7 nitrogen and oxygen atoms in total. The molecule has 1 aliphatic rings. The minimum absolute atomic E-state index is 0.0153. The summed E-state index contributed by atoms with van der Waals surface area (Å²) in [6, 6.07) is 13.3. The summed E-state index contributed by atoms with van der Waals surface area (Å²) in [6.07, 6.45) is 0. The molecule has 1 aliphatic heterocycles. The Labute approximate surface area is 136 Å². The lowest BCUT2D eigenvalue weighted by molar-refractivity contribution is -0.384. The monoisotopic (exact) mass is 331 g/mol. The van der Waals surface area contributed by atoms with Crippen molar-refractivity contribution >= 4 is 29.4 Å². The van der Waals surface area contributed by atoms with E-state index < -0.39 is 4.92 Å². The summed E-state index contributed by atoms with van der Waals surface area (Å²) in [7, 11) is 0. The zero-order chi connectivity index (χ0) is 16.2. The Bertz CT molecular complexity index is 736. The number of hydrogen-bond acceptors (Lipinski definition) is 5. The van der Waals surface area contributed by atoms with Gasteiger partial charge < -0.3 is 9.50 Å². The van der Waals surface area contributed by atoms with Gasteiger partial charge in [0.15, 0.2) is 0 Å². The number of benzene rings is 2. The summed E-state index contributed by atoms with van der Waals surface area (Å²) >= 11 is 1.10. The lowest BCUT2D eigenvalue weighted by atomic mass is 10.3. The maximum atomic E-state index is 11.6. The van der Waals surface area contributed by atoms with E-state index in [0.717, 1.165) is 22.6 Å². The molecule has 118 valence electrons. The molecule has 3 rings (SSSR count). The molecular formula is C15H13N3O4S. The predicted octanol–water partition coefficient (Wildman–Crippen LogP) is 3.21. The minimum Gasteiger partial charge on any atom is -0.420 e. The number of nitrogens with one attached hydrogen (secondary N) is 1. The van der Waals surface area contributed by atoms with Gasteiger partial charge in [-0.1, -0.05) is 6.07 Å². The van der Waals surface area contributed by atoms with Gasteiger partial charge in [0.05, 0.1) is 23.0 Å². The van der Waals surface area contributed by atoms with Crippen molar-refractivity contribution in [3.63, 3.8) is 0 Å². The highest BCUT2D eigenvalue weighted by atomic mass is 32.2. The first-order valence-electron chi connectivity index (χ1n) is 6.88. The first-order chi connectivity index (χ1) is 11.1. The largest absolute Gasteiger partial charge is 0.420 e. The number of nitrogens with zero attached hydrogens (tertiary/aromatic N) is 2. The average Bonchev–Trinajstić information content (AvgIpc) is 3.00. The molecule has 0 bridgehead atoms. The summed E-state index contributed by atoms with van der Waals surface area (Å²) in [4.78, 5) is 24.3. The molecule has 8 heteroatoms. The molecule has 1 N–H and O–H groups in total. The molecular weight excluding hydrogens is 318 g/mol. The molecule has 2 aromatic rings. The summed E-state index contributed by atoms with van der Waals surface area (Å²) in [5.41, 5.74) is 0.804. The Balaban J connectivity index is 1.63. The van der Waals surface area contributed by atoms with Gasteiger partial charge >= 0.3 is 6.03 Å². The summed E-state index contributed by atoms with van der Waals surface area (Å²) in [5.74, 6) is 0.409. The van der Waals surface area contributed by atoms with Gasteiger partial charge in [0, 0.05) is 29.7 Å². The Hall–Kier alpha value is -2.74. The van der Waals surface area contributed by atoms with Crippen LogP contribution in [0.25, 0.3) is 0 Å². The van der Waals surface area contributed by atoms with E-state index in [9.17, 15) is 14.9 Å². The van der Waals surface area contributed by atoms with Crippen LogP contribution in [0.1, 0.15) is 0 Å². The maximum absolute atomic E-state index is 11.6. The van der Waals surface area contributed by atoms with Crippen molar-refractivity contribution in [1.29, 1.82) is 0 Å². The molecule has 1 heterocycles. The van der Waals surface area contributed by atoms with Crippen molar-refractivity contribution in [3.8, 4) is 5.75 Å². The number of anilines is 1. The van der Waals surface area contributed by atoms with E-state index in [-0.39, 0.29) is 11.7 Å². The molecule has 0 saturated carbocycles. The van der Waals surface area contributed by atoms with Gasteiger partial charge in [-0.15, -0.1) is 0 Å². The molecule has 0 atom stereocenters. The molecule has 0 aliphatic carbocycles. The highest BCUT2D eigenvalue weighted by Crippen LogP contribution is 2.28. The van der Waals surface area contributed by atoms with Gasteiger partial charge in [0.25, 0.3) is 5.69 Å². The van der Waals surface area contributed by atoms with Crippen LogP contribution in [-0.2, 0) is 0 Å². The molecule has 0 unspecified atom stereocenters. The topological polar surface area (TPSA) is 84.7 Å². The third kappa shape index (κ3) is 3.54. The van der Waals surface area contributed by atoms with E-state index in [4.69, 9.17) is 4.18 Å². The molecule has 0 radical (unpaired) electrons. The van der Waals surface area contributed by atoms with Crippen LogP contribution in [0.3, 0.4) is 0 Å². The summed E-state index contributed by atoms with van der Waals surface area (Å²) < 4.78 is 5.49. The lowest BCUT2D eigenvalue weighted by Crippen LogP contribution is -2.27. The SMILES string of the molecule is O=C1NCCN1c1ccc(SOc2cccc([N+](=O)[O-])c2)cc1. The van der Waals surface area contributed by atoms with E-state index in [0.29, 0.717) is 18.8 Å². The van der Waals surface area contributed by atoms with Gasteiger partial charge in [-0.2, -0.15) is 0 Å². The molecule has 1 fully saturated rings. The van der Waals surface area contributed by atoms with Crippen LogP contribution in [0.4, 0.5) is 16.2 Å². The number of nitro benzene ring substituents is 1. The van der Waals surface area contributed by atoms with Crippen molar-refractivity contribution in [2.24, 2.45) is 0 Å². The fourth-order valence-corrected chi connectivity index (χ4v) is 2.69. The molecule has 23 heavy (non-hydrogen) atoms. The van der Waals surface area contributed by atoms with Crippen LogP contribution in [0, 0.1) is 10.1 Å². The van der Waals surface area contributed by atoms with E-state index in [1.807, 2.05) is 24.3 Å². The van der Waals surface area contributed by atoms with Crippen molar-refractivity contribution < 1.29 is 13.9 Å². The first-order valence-corrected chi connectivity index (χ1v) is 7.62. The van der Waals surface area contributed by atoms with E-state index in [2.05, 4.69) is 5.32 Å². The standard InChI is InChI=1S/C15H13N3O4S/c19-15-16-8-9-17(15)11-4-6-14(7-5-11)23-22-13-3-1-2-12(10-13)18(20)21/h1-7,10H,8-9H2,(H,16,19). The van der Waals surface area contributed by atoms with E-state index in [1.165, 1.54) is 12.1 Å². The summed E-state index contributed by atoms with van der Waals surface area (Å²) in [5, 5.41) is 13.5. The highest BCUT2D eigenvalue weighted by Gasteiger charge is 2.20. The molecule has 0 spiro atoms. The van der Waals surface area contributed by atoms with Gasteiger partial charge in [-0.3, -0.25) is 15.0 Å². The zero-order valence-corrected chi connectivity index (χ0v) is 12.8. The normalized spacial score (nSPS) is 13.7. The van der Waals surface area contributed by atoms with Crippen LogP contribution < -0.4 is 14.4 Å². The predicted molar refractivity (Wildman–Crippen MR) is 86.8 cm³/mol. The van der Waals surface area contributed by atoms with Crippen molar-refractivity contribution in [1.82, 2.24) is 5.32 Å². The average molecular weight is 331 g/mol. The van der Waals surface area contributed by atoms with E-state index >= 15 is 0 Å². The molecule has 2 amide bonds. The zero-order valence-electron chi connectivity index (χ0n) is 12.0. The second-order valence-electron chi connectivity index (χ2n) is 4.80. The third-order valence-corrected chi connectivity index (χ3v) is 4.01. The number of carbonyl (C=O) groups is 1. The summed E-state index contributed by atoms with van der Waals surface area (Å²) in [6.45, 7) is 1.29. The van der Waals surface area contributed by atoms with Crippen molar-refractivity contribution in [3.05, 3.63) is 58.6 Å². The van der Waals surface area contributed by atoms with Gasteiger partial charge in [0.1, 0.15) is 5.75 Å². The molecule has 1 saturated heterocycles. The number of urea groups is 1. The lowest BCUT2D eigenvalue weighted by Gasteiger charge is -2.14. The number of rotatable bonds is 5. The van der Waals surface area contributed by atoms with E-state index in [1.54, 1.807) is 17.0 Å². The number of nitro groups is 1. The van der Waals surface area contributed by atoms with Gasteiger partial charge in [-0.25, -0.2) is 4.79 Å². The fraction of sp³-hybridized carbons (Fsp3) is 0.133. The number of amides is 2. The molecule has 0 aromatic heterocycles. The number of non-ortho nitro benzene ring substituents is 1. The Morgan fingerprint density at radius 2 is 2.00 bits per heavy atom. The minimum atomic E-state index is -0.465. The van der Waals surface area contributed by atoms with Gasteiger partial charge in [-0.05, 0) is 30.3 Å². The second kappa shape index (κ2) is 6.57. The smallest absolute Gasteiger partial charge is 0.321 e. The fourth-order valence-electron chi connectivity index (χ4n) is 2.14. The Kier molecular flexibility index (Phi) is 4.33. The van der Waals surface area contributed by atoms with Crippen LogP contribution in [0.15, 0.2) is 53.4 Å². The van der Waals surface area contributed by atoms with Crippen LogP contribution in [-0.4, -0.2) is 24.0 Å². The third-order valence-electron chi connectivity index (χ3n) is 3.27. The van der Waals surface area contributed by atoms with Crippen molar-refractivity contribution in [2.45, 2.75) is 4.90 Å². The van der Waals surface area contributed by atoms with Crippen LogP contribution in [0.5, 0.6) is 5.75 Å². The first kappa shape index (κ1) is 15.2. The van der Waals surface area contributed by atoms with Gasteiger partial charge in [0.2, 0.25) is 0 Å². The van der Waals surface area contributed by atoms with Crippen LogP contribution >= 0.6 is 12.0 Å². The van der Waals surface area contributed by atoms with Crippen molar-refractivity contribution in [2.75, 3.05) is 18.0 Å². The number of hydrogen-bond donors (Lipinski definition) is 1. The Morgan fingerprint density at radius 1 is 1.22 bits per heavy atom.